The molecule has 1 aromatic carbocycles. The van der Waals surface area contributed by atoms with E-state index in [1.807, 2.05) is 45.0 Å². The molecule has 0 aliphatic heterocycles. The third-order valence-electron chi connectivity index (χ3n) is 2.95. The number of amides is 2. The topological polar surface area (TPSA) is 70.7 Å². The van der Waals surface area contributed by atoms with Crippen LogP contribution in [0.1, 0.15) is 26.7 Å². The van der Waals surface area contributed by atoms with Gasteiger partial charge in [0.25, 0.3) is 0 Å². The molecule has 6 heteroatoms. The minimum atomic E-state index is -0.352. The van der Waals surface area contributed by atoms with E-state index < -0.39 is 0 Å². The van der Waals surface area contributed by atoms with Crippen LogP contribution in [-0.4, -0.2) is 50.0 Å². The normalized spacial score (nSPS) is 10.7. The van der Waals surface area contributed by atoms with Crippen molar-refractivity contribution >= 4 is 17.5 Å². The molecule has 0 saturated heterocycles. The van der Waals surface area contributed by atoms with Crippen molar-refractivity contribution < 1.29 is 14.3 Å². The Labute approximate surface area is 138 Å². The number of nitrogens with zero attached hydrogens (tertiary/aromatic N) is 1. The summed E-state index contributed by atoms with van der Waals surface area (Å²) in [5, 5.41) is 5.47. The molecule has 0 aliphatic rings. The molecule has 0 unspecified atom stereocenters. The number of rotatable bonds is 9. The summed E-state index contributed by atoms with van der Waals surface area (Å²) in [6, 6.07) is 7.19. The van der Waals surface area contributed by atoms with Crippen LogP contribution in [0.15, 0.2) is 24.3 Å². The maximum atomic E-state index is 12.0. The van der Waals surface area contributed by atoms with Crippen LogP contribution in [-0.2, 0) is 9.59 Å². The summed E-state index contributed by atoms with van der Waals surface area (Å²) in [5.41, 5.74) is 0.576. The summed E-state index contributed by atoms with van der Waals surface area (Å²) >= 11 is 0. The van der Waals surface area contributed by atoms with Crippen LogP contribution in [0, 0.1) is 0 Å². The Morgan fingerprint density at radius 3 is 2.52 bits per heavy atom. The molecule has 0 aromatic heterocycles. The van der Waals surface area contributed by atoms with E-state index in [9.17, 15) is 9.59 Å². The molecule has 2 N–H and O–H groups in total. The Morgan fingerprint density at radius 1 is 1.17 bits per heavy atom. The van der Waals surface area contributed by atoms with Crippen molar-refractivity contribution in [2.75, 3.05) is 32.5 Å². The van der Waals surface area contributed by atoms with E-state index >= 15 is 0 Å². The van der Waals surface area contributed by atoms with Crippen molar-refractivity contribution in [2.24, 2.45) is 0 Å². The minimum absolute atomic E-state index is 0.00745. The number of hydrogen-bond acceptors (Lipinski definition) is 4. The van der Waals surface area contributed by atoms with Gasteiger partial charge >= 0.3 is 0 Å². The lowest BCUT2D eigenvalue weighted by atomic mass is 10.2. The second-order valence-electron chi connectivity index (χ2n) is 5.89. The molecule has 0 fully saturated rings. The molecule has 0 aliphatic carbocycles. The number of ether oxygens (including phenoxy) is 1. The van der Waals surface area contributed by atoms with E-state index in [0.717, 1.165) is 13.0 Å². The summed E-state index contributed by atoms with van der Waals surface area (Å²) in [5.74, 6) is -0.0272. The number of carbonyl (C=O) groups is 2. The molecule has 1 aromatic rings. The lowest BCUT2D eigenvalue weighted by Crippen LogP contribution is -2.30. The lowest BCUT2D eigenvalue weighted by molar-refractivity contribution is -0.126. The molecule has 0 spiro atoms. The van der Waals surface area contributed by atoms with Crippen molar-refractivity contribution in [1.82, 2.24) is 10.2 Å². The van der Waals surface area contributed by atoms with Crippen LogP contribution in [0.2, 0.25) is 0 Å². The van der Waals surface area contributed by atoms with Gasteiger partial charge in [-0.3, -0.25) is 9.59 Å². The van der Waals surface area contributed by atoms with Crippen molar-refractivity contribution in [3.05, 3.63) is 24.3 Å². The highest BCUT2D eigenvalue weighted by Gasteiger charge is 2.12. The van der Waals surface area contributed by atoms with Gasteiger partial charge in [-0.2, -0.15) is 0 Å². The van der Waals surface area contributed by atoms with Gasteiger partial charge in [0.05, 0.1) is 11.8 Å². The SMILES string of the molecule is CC(C)Oc1ccccc1NC(=O)CC(=O)NCCCN(C)C. The Hall–Kier alpha value is -2.08. The van der Waals surface area contributed by atoms with Crippen LogP contribution < -0.4 is 15.4 Å². The summed E-state index contributed by atoms with van der Waals surface area (Å²) in [7, 11) is 3.96. The number of benzene rings is 1. The van der Waals surface area contributed by atoms with Gasteiger partial charge < -0.3 is 20.3 Å². The third kappa shape index (κ3) is 8.21. The van der Waals surface area contributed by atoms with E-state index in [2.05, 4.69) is 10.6 Å². The zero-order chi connectivity index (χ0) is 17.2. The first-order chi connectivity index (χ1) is 10.9. The van der Waals surface area contributed by atoms with Crippen LogP contribution in [0.5, 0.6) is 5.75 Å². The number of hydrogen-bond donors (Lipinski definition) is 2. The second-order valence-corrected chi connectivity index (χ2v) is 5.89. The predicted molar refractivity (Wildman–Crippen MR) is 91.6 cm³/mol. The van der Waals surface area contributed by atoms with Crippen molar-refractivity contribution in [1.29, 1.82) is 0 Å². The standard InChI is InChI=1S/C17H27N3O3/c1-13(2)23-15-9-6-5-8-14(15)19-17(22)12-16(21)18-10-7-11-20(3)4/h5-6,8-9,13H,7,10-12H2,1-4H3,(H,18,21)(H,19,22). The Morgan fingerprint density at radius 2 is 1.87 bits per heavy atom. The van der Waals surface area contributed by atoms with Gasteiger partial charge in [-0.15, -0.1) is 0 Å². The van der Waals surface area contributed by atoms with Crippen LogP contribution in [0.3, 0.4) is 0 Å². The van der Waals surface area contributed by atoms with E-state index in [1.54, 1.807) is 12.1 Å². The van der Waals surface area contributed by atoms with E-state index in [-0.39, 0.29) is 24.3 Å². The molecule has 23 heavy (non-hydrogen) atoms. The second kappa shape index (κ2) is 9.84. The highest BCUT2D eigenvalue weighted by atomic mass is 16.5. The smallest absolute Gasteiger partial charge is 0.233 e. The maximum Gasteiger partial charge on any atom is 0.233 e. The lowest BCUT2D eigenvalue weighted by Gasteiger charge is -2.14. The van der Waals surface area contributed by atoms with Crippen LogP contribution in [0.4, 0.5) is 5.69 Å². The summed E-state index contributed by atoms with van der Waals surface area (Å²) in [6.07, 6.45) is 0.664. The summed E-state index contributed by atoms with van der Waals surface area (Å²) < 4.78 is 5.63. The number of carbonyl (C=O) groups excluding carboxylic acids is 2. The first kappa shape index (κ1) is 19.0. The molecule has 0 heterocycles. The Balaban J connectivity index is 2.43. The zero-order valence-corrected chi connectivity index (χ0v) is 14.4. The third-order valence-corrected chi connectivity index (χ3v) is 2.95. The number of para-hydroxylation sites is 2. The van der Waals surface area contributed by atoms with Gasteiger partial charge in [-0.05, 0) is 53.0 Å². The molecule has 128 valence electrons. The largest absolute Gasteiger partial charge is 0.489 e. The molecular formula is C17H27N3O3. The van der Waals surface area contributed by atoms with Crippen molar-refractivity contribution in [2.45, 2.75) is 32.8 Å². The molecule has 0 atom stereocenters. The van der Waals surface area contributed by atoms with E-state index in [1.165, 1.54) is 0 Å². The van der Waals surface area contributed by atoms with Gasteiger partial charge in [-0.1, -0.05) is 12.1 Å². The summed E-state index contributed by atoms with van der Waals surface area (Å²) in [4.78, 5) is 25.7. The monoisotopic (exact) mass is 321 g/mol. The van der Waals surface area contributed by atoms with Gasteiger partial charge in [0, 0.05) is 6.54 Å². The molecule has 0 bridgehead atoms. The Kier molecular flexibility index (Phi) is 8.11. The molecule has 0 saturated carbocycles. The molecule has 0 radical (unpaired) electrons. The fourth-order valence-electron chi connectivity index (χ4n) is 1.95. The molecular weight excluding hydrogens is 294 g/mol. The number of anilines is 1. The van der Waals surface area contributed by atoms with Crippen molar-refractivity contribution in [3.8, 4) is 5.75 Å². The first-order valence-corrected chi connectivity index (χ1v) is 7.85. The Bertz CT molecular complexity index is 516. The fraction of sp³-hybridized carbons (Fsp3) is 0.529. The van der Waals surface area contributed by atoms with E-state index in [0.29, 0.717) is 18.0 Å². The number of nitrogens with one attached hydrogen (secondary N) is 2. The van der Waals surface area contributed by atoms with E-state index in [4.69, 9.17) is 4.74 Å². The zero-order valence-electron chi connectivity index (χ0n) is 14.4. The first-order valence-electron chi connectivity index (χ1n) is 7.85. The minimum Gasteiger partial charge on any atom is -0.489 e. The quantitative estimate of drug-likeness (QED) is 0.538. The van der Waals surface area contributed by atoms with Gasteiger partial charge in [0.2, 0.25) is 11.8 Å². The average molecular weight is 321 g/mol. The van der Waals surface area contributed by atoms with Crippen LogP contribution in [0.25, 0.3) is 0 Å². The van der Waals surface area contributed by atoms with Crippen molar-refractivity contribution in [3.63, 3.8) is 0 Å². The van der Waals surface area contributed by atoms with Gasteiger partial charge in [0.15, 0.2) is 0 Å². The molecule has 6 nitrogen and oxygen atoms in total. The predicted octanol–water partition coefficient (Wildman–Crippen LogP) is 1.87. The van der Waals surface area contributed by atoms with Gasteiger partial charge in [0.1, 0.15) is 12.2 Å². The maximum absolute atomic E-state index is 12.0. The summed E-state index contributed by atoms with van der Waals surface area (Å²) in [6.45, 7) is 5.29. The fourth-order valence-corrected chi connectivity index (χ4v) is 1.95. The molecule has 1 rings (SSSR count). The molecule has 2 amide bonds. The average Bonchev–Trinajstić information content (AvgIpc) is 2.45. The van der Waals surface area contributed by atoms with Crippen LogP contribution >= 0.6 is 0 Å². The van der Waals surface area contributed by atoms with Gasteiger partial charge in [-0.25, -0.2) is 0 Å². The highest BCUT2D eigenvalue weighted by Crippen LogP contribution is 2.24. The highest BCUT2D eigenvalue weighted by molar-refractivity contribution is 6.04.